The maximum absolute atomic E-state index is 2.55. The van der Waals surface area contributed by atoms with Crippen LogP contribution in [0.15, 0.2) is 164 Å². The van der Waals surface area contributed by atoms with Crippen LogP contribution >= 0.6 is 0 Å². The Hall–Kier alpha value is -5.92. The molecule has 58 heavy (non-hydrogen) atoms. The zero-order valence-corrected chi connectivity index (χ0v) is 33.4. The van der Waals surface area contributed by atoms with E-state index in [-0.39, 0.29) is 10.8 Å². The van der Waals surface area contributed by atoms with Crippen LogP contribution in [0.1, 0.15) is 68.2 Å². The van der Waals surface area contributed by atoms with Crippen molar-refractivity contribution in [3.8, 4) is 33.4 Å². The van der Waals surface area contributed by atoms with Gasteiger partial charge in [0.25, 0.3) is 0 Å². The summed E-state index contributed by atoms with van der Waals surface area (Å²) in [5, 5.41) is 5.07. The zero-order chi connectivity index (χ0) is 38.3. The molecule has 8 aromatic rings. The highest BCUT2D eigenvalue weighted by molar-refractivity contribution is 6.14. The average Bonchev–Trinajstić information content (AvgIpc) is 3.68. The Labute approximate surface area is 342 Å². The molecule has 0 radical (unpaired) electrons. The minimum atomic E-state index is -0.0929. The quantitative estimate of drug-likeness (QED) is 0.162. The lowest BCUT2D eigenvalue weighted by atomic mass is 9.43. The number of hydrogen-bond acceptors (Lipinski definition) is 1. The van der Waals surface area contributed by atoms with Gasteiger partial charge in [-0.3, -0.25) is 0 Å². The van der Waals surface area contributed by atoms with Crippen molar-refractivity contribution in [2.75, 3.05) is 4.90 Å². The van der Waals surface area contributed by atoms with E-state index < -0.39 is 0 Å². The number of benzene rings is 8. The van der Waals surface area contributed by atoms with Crippen molar-refractivity contribution in [2.45, 2.75) is 56.8 Å². The molecular weight excluding hydrogens is 699 g/mol. The third kappa shape index (κ3) is 4.37. The lowest BCUT2D eigenvalue weighted by molar-refractivity contribution is -0.0399. The number of rotatable bonds is 4. The molecular formula is C57H47N. The second-order valence-electron chi connectivity index (χ2n) is 18.9. The van der Waals surface area contributed by atoms with Crippen LogP contribution in [0.25, 0.3) is 54.9 Å². The molecule has 1 spiro atoms. The summed E-state index contributed by atoms with van der Waals surface area (Å²) in [5.41, 5.74) is 17.9. The van der Waals surface area contributed by atoms with Crippen molar-refractivity contribution in [3.05, 3.63) is 186 Å². The third-order valence-corrected chi connectivity index (χ3v) is 15.8. The molecule has 14 rings (SSSR count). The van der Waals surface area contributed by atoms with E-state index in [4.69, 9.17) is 0 Å². The molecule has 4 bridgehead atoms. The van der Waals surface area contributed by atoms with Gasteiger partial charge >= 0.3 is 0 Å². The van der Waals surface area contributed by atoms with Gasteiger partial charge < -0.3 is 4.90 Å². The van der Waals surface area contributed by atoms with E-state index in [1.807, 2.05) is 0 Å². The molecule has 1 heteroatoms. The highest BCUT2D eigenvalue weighted by atomic mass is 15.1. The number of anilines is 3. The van der Waals surface area contributed by atoms with Crippen molar-refractivity contribution in [3.63, 3.8) is 0 Å². The number of nitrogens with zero attached hydrogens (tertiary/aromatic N) is 1. The monoisotopic (exact) mass is 745 g/mol. The van der Waals surface area contributed by atoms with Crippen molar-refractivity contribution in [1.29, 1.82) is 0 Å². The van der Waals surface area contributed by atoms with E-state index >= 15 is 0 Å². The Morgan fingerprint density at radius 3 is 1.74 bits per heavy atom. The summed E-state index contributed by atoms with van der Waals surface area (Å²) in [4.78, 5) is 2.51. The molecule has 4 saturated carbocycles. The first kappa shape index (κ1) is 33.1. The van der Waals surface area contributed by atoms with Crippen molar-refractivity contribution in [1.82, 2.24) is 0 Å². The van der Waals surface area contributed by atoms with Gasteiger partial charge in [0.05, 0.1) is 5.69 Å². The summed E-state index contributed by atoms with van der Waals surface area (Å²) in [6, 6.07) is 62.8. The van der Waals surface area contributed by atoms with E-state index in [2.05, 4.69) is 183 Å². The van der Waals surface area contributed by atoms with E-state index in [1.54, 1.807) is 11.1 Å². The molecule has 0 amide bonds. The Morgan fingerprint density at radius 1 is 0.414 bits per heavy atom. The highest BCUT2D eigenvalue weighted by Gasteiger charge is 2.61. The standard InChI is InChI=1S/C57H47N/c1-56(2)51-17-9-7-14-46(51)48-25-24-43(34-54(48)56)58(55-33-39-11-3-4-12-44(39)45-13-5-6-16-49(45)55)42-22-19-37(20-23-42)38-21-26-53-50(32-38)47-15-8-10-18-52(47)57(53)40-28-35-27-36(30-40)31-41(57)29-35/h3-26,32-36,40-41H,27-31H2,1-2H3. The first-order chi connectivity index (χ1) is 28.5. The van der Waals surface area contributed by atoms with Crippen LogP contribution in [0.2, 0.25) is 0 Å². The van der Waals surface area contributed by atoms with Crippen LogP contribution in [0.4, 0.5) is 17.1 Å². The smallest absolute Gasteiger partial charge is 0.0546 e. The first-order valence-corrected chi connectivity index (χ1v) is 21.8. The van der Waals surface area contributed by atoms with E-state index in [0.29, 0.717) is 0 Å². The molecule has 0 atom stereocenters. The van der Waals surface area contributed by atoms with Gasteiger partial charge in [-0.1, -0.05) is 141 Å². The summed E-state index contributed by atoms with van der Waals surface area (Å²) in [7, 11) is 0. The van der Waals surface area contributed by atoms with Gasteiger partial charge in [-0.2, -0.15) is 0 Å². The van der Waals surface area contributed by atoms with Gasteiger partial charge in [0.2, 0.25) is 0 Å². The molecule has 8 aromatic carbocycles. The van der Waals surface area contributed by atoms with Gasteiger partial charge in [-0.05, 0) is 164 Å². The van der Waals surface area contributed by atoms with Crippen molar-refractivity contribution in [2.24, 2.45) is 23.7 Å². The lowest BCUT2D eigenvalue weighted by Crippen LogP contribution is -2.55. The van der Waals surface area contributed by atoms with E-state index in [1.165, 1.54) is 110 Å². The fourth-order valence-electron chi connectivity index (χ4n) is 13.6. The average molecular weight is 746 g/mol. The summed E-state index contributed by atoms with van der Waals surface area (Å²) >= 11 is 0. The molecule has 4 fully saturated rings. The summed E-state index contributed by atoms with van der Waals surface area (Å²) in [6.45, 7) is 4.76. The van der Waals surface area contributed by atoms with Gasteiger partial charge in [0.1, 0.15) is 0 Å². The minimum Gasteiger partial charge on any atom is -0.310 e. The fourth-order valence-corrected chi connectivity index (χ4v) is 13.6. The largest absolute Gasteiger partial charge is 0.310 e. The first-order valence-electron chi connectivity index (χ1n) is 21.8. The second kappa shape index (κ2) is 11.8. The number of hydrogen-bond donors (Lipinski definition) is 0. The summed E-state index contributed by atoms with van der Waals surface area (Å²) < 4.78 is 0. The maximum Gasteiger partial charge on any atom is 0.0546 e. The van der Waals surface area contributed by atoms with Crippen molar-refractivity contribution >= 4 is 38.6 Å². The molecule has 6 aliphatic rings. The van der Waals surface area contributed by atoms with Crippen LogP contribution < -0.4 is 4.90 Å². The normalized spacial score (nSPS) is 23.9. The van der Waals surface area contributed by atoms with Gasteiger partial charge in [0.15, 0.2) is 0 Å². The molecule has 280 valence electrons. The van der Waals surface area contributed by atoms with E-state index in [9.17, 15) is 0 Å². The van der Waals surface area contributed by atoms with Crippen LogP contribution in [0, 0.1) is 23.7 Å². The highest BCUT2D eigenvalue weighted by Crippen LogP contribution is 2.69. The molecule has 6 aliphatic carbocycles. The molecule has 0 heterocycles. The molecule has 0 N–H and O–H groups in total. The Kier molecular flexibility index (Phi) is 6.75. The van der Waals surface area contributed by atoms with Crippen LogP contribution in [-0.4, -0.2) is 0 Å². The summed E-state index contributed by atoms with van der Waals surface area (Å²) in [6.07, 6.45) is 7.16. The van der Waals surface area contributed by atoms with Crippen molar-refractivity contribution < 1.29 is 0 Å². The zero-order valence-electron chi connectivity index (χ0n) is 33.4. The maximum atomic E-state index is 2.55. The Bertz CT molecular complexity index is 2970. The lowest BCUT2D eigenvalue weighted by Gasteiger charge is -2.61. The minimum absolute atomic E-state index is 0.0929. The van der Waals surface area contributed by atoms with Crippen LogP contribution in [0.3, 0.4) is 0 Å². The summed E-state index contributed by atoms with van der Waals surface area (Å²) in [5.74, 6) is 3.47. The number of fused-ring (bicyclic) bond motifs is 9. The third-order valence-electron chi connectivity index (χ3n) is 15.8. The molecule has 0 unspecified atom stereocenters. The molecule has 0 saturated heterocycles. The van der Waals surface area contributed by atoms with Crippen LogP contribution in [-0.2, 0) is 10.8 Å². The van der Waals surface area contributed by atoms with Crippen LogP contribution in [0.5, 0.6) is 0 Å². The molecule has 0 aliphatic heterocycles. The van der Waals surface area contributed by atoms with Gasteiger partial charge in [-0.25, -0.2) is 0 Å². The van der Waals surface area contributed by atoms with Gasteiger partial charge in [0, 0.05) is 27.6 Å². The molecule has 1 nitrogen and oxygen atoms in total. The second-order valence-corrected chi connectivity index (χ2v) is 18.9. The van der Waals surface area contributed by atoms with E-state index in [0.717, 1.165) is 29.4 Å². The SMILES string of the molecule is CC1(C)c2ccccc2-c2ccc(N(c3ccc(-c4ccc5c(c4)-c4ccccc4C54C5CC6CC(C5)CC4C6)cc3)c3cc4ccccc4c4ccccc34)cc21. The Balaban J connectivity index is 0.954. The fraction of sp³-hybridized carbons (Fsp3) is 0.228. The predicted molar refractivity (Wildman–Crippen MR) is 242 cm³/mol. The Morgan fingerprint density at radius 2 is 0.983 bits per heavy atom. The van der Waals surface area contributed by atoms with Gasteiger partial charge in [-0.15, -0.1) is 0 Å². The topological polar surface area (TPSA) is 3.24 Å². The predicted octanol–water partition coefficient (Wildman–Crippen LogP) is 15.2. The molecule has 0 aromatic heterocycles.